The van der Waals surface area contributed by atoms with Gasteiger partial charge in [-0.15, -0.1) is 0 Å². The normalized spacial score (nSPS) is 17.4. The number of carbonyl (C=O) groups is 2. The summed E-state index contributed by atoms with van der Waals surface area (Å²) in [5, 5.41) is 13.9. The second-order valence-corrected chi connectivity index (χ2v) is 6.78. The van der Waals surface area contributed by atoms with Crippen molar-refractivity contribution in [2.75, 3.05) is 31.1 Å². The highest BCUT2D eigenvalue weighted by Crippen LogP contribution is 2.34. The molecule has 9 heteroatoms. The molecule has 0 aromatic heterocycles. The van der Waals surface area contributed by atoms with Crippen LogP contribution in [-0.4, -0.2) is 53.9 Å². The molecule has 134 valence electrons. The Kier molecular flexibility index (Phi) is 4.80. The van der Waals surface area contributed by atoms with Crippen LogP contribution in [0.15, 0.2) is 12.1 Å². The summed E-state index contributed by atoms with van der Waals surface area (Å²) in [4.78, 5) is 38.0. The Labute approximate surface area is 149 Å². The number of aryl methyl sites for hydroxylation is 1. The van der Waals surface area contributed by atoms with E-state index in [9.17, 15) is 19.7 Å². The van der Waals surface area contributed by atoms with Crippen LogP contribution in [0.5, 0.6) is 0 Å². The van der Waals surface area contributed by atoms with Crippen LogP contribution in [0.3, 0.4) is 0 Å². The Balaban J connectivity index is 1.65. The predicted octanol–water partition coefficient (Wildman–Crippen LogP) is 1.48. The number of nitro groups is 1. The maximum Gasteiger partial charge on any atom is 0.312 e. The zero-order valence-corrected chi connectivity index (χ0v) is 14.6. The van der Waals surface area contributed by atoms with E-state index in [-0.39, 0.29) is 11.7 Å². The number of halogens is 1. The summed E-state index contributed by atoms with van der Waals surface area (Å²) in [6, 6.07) is 2.98. The second-order valence-electron chi connectivity index (χ2n) is 6.38. The van der Waals surface area contributed by atoms with Gasteiger partial charge in [0, 0.05) is 44.4 Å². The summed E-state index contributed by atoms with van der Waals surface area (Å²) in [5.41, 5.74) is 1.41. The molecule has 2 amide bonds. The van der Waals surface area contributed by atoms with E-state index in [0.717, 1.165) is 18.5 Å². The Bertz CT molecular complexity index is 704. The van der Waals surface area contributed by atoms with E-state index < -0.39 is 16.7 Å². The summed E-state index contributed by atoms with van der Waals surface area (Å²) in [6.45, 7) is 3.61. The average molecular weight is 367 g/mol. The number of anilines is 1. The van der Waals surface area contributed by atoms with Crippen molar-refractivity contribution in [2.45, 2.75) is 25.8 Å². The smallest absolute Gasteiger partial charge is 0.312 e. The van der Waals surface area contributed by atoms with Crippen LogP contribution in [0, 0.1) is 17.0 Å². The minimum Gasteiger partial charge on any atom is -0.367 e. The molecule has 2 aliphatic rings. The van der Waals surface area contributed by atoms with E-state index in [2.05, 4.69) is 5.32 Å². The first-order chi connectivity index (χ1) is 11.9. The molecule has 0 bridgehead atoms. The van der Waals surface area contributed by atoms with Gasteiger partial charge < -0.3 is 15.1 Å². The number of carbonyl (C=O) groups excluding carboxylic acids is 2. The lowest BCUT2D eigenvalue weighted by Crippen LogP contribution is -2.53. The number of nitro benzene ring substituents is 1. The Morgan fingerprint density at radius 2 is 1.88 bits per heavy atom. The average Bonchev–Trinajstić information content (AvgIpc) is 3.38. The van der Waals surface area contributed by atoms with Gasteiger partial charge in [0.25, 0.3) is 5.69 Å². The number of nitrogens with one attached hydrogen (secondary N) is 1. The van der Waals surface area contributed by atoms with Crippen molar-refractivity contribution in [1.82, 2.24) is 10.2 Å². The van der Waals surface area contributed by atoms with E-state index >= 15 is 0 Å². The largest absolute Gasteiger partial charge is 0.367 e. The fraction of sp³-hybridized carbons (Fsp3) is 0.500. The van der Waals surface area contributed by atoms with Gasteiger partial charge in [0.1, 0.15) is 0 Å². The van der Waals surface area contributed by atoms with Gasteiger partial charge in [0.05, 0.1) is 15.6 Å². The van der Waals surface area contributed by atoms with Gasteiger partial charge >= 0.3 is 11.8 Å². The van der Waals surface area contributed by atoms with Crippen molar-refractivity contribution in [3.63, 3.8) is 0 Å². The highest BCUT2D eigenvalue weighted by molar-refractivity contribution is 6.35. The van der Waals surface area contributed by atoms with Crippen LogP contribution < -0.4 is 10.2 Å². The highest BCUT2D eigenvalue weighted by atomic mass is 35.5. The lowest BCUT2D eigenvalue weighted by Gasteiger charge is -2.36. The predicted molar refractivity (Wildman–Crippen MR) is 92.8 cm³/mol. The highest BCUT2D eigenvalue weighted by Gasteiger charge is 2.31. The minimum absolute atomic E-state index is 0.0446. The zero-order valence-electron chi connectivity index (χ0n) is 13.8. The molecule has 0 atom stereocenters. The van der Waals surface area contributed by atoms with Crippen molar-refractivity contribution in [2.24, 2.45) is 0 Å². The third-order valence-corrected chi connectivity index (χ3v) is 4.73. The van der Waals surface area contributed by atoms with Crippen LogP contribution in [0.4, 0.5) is 11.4 Å². The van der Waals surface area contributed by atoms with E-state index in [4.69, 9.17) is 11.6 Å². The lowest BCUT2D eigenvalue weighted by molar-refractivity contribution is -0.384. The maximum absolute atomic E-state index is 12.2. The topological polar surface area (TPSA) is 95.8 Å². The fourth-order valence-corrected chi connectivity index (χ4v) is 3.36. The van der Waals surface area contributed by atoms with Crippen LogP contribution in [0.1, 0.15) is 18.4 Å². The number of rotatable bonds is 3. The summed E-state index contributed by atoms with van der Waals surface area (Å²) < 4.78 is 0. The molecule has 1 saturated heterocycles. The number of non-ortho nitro benzene ring substituents is 1. The maximum atomic E-state index is 12.2. The van der Waals surface area contributed by atoms with Gasteiger partial charge in [0.15, 0.2) is 0 Å². The van der Waals surface area contributed by atoms with Crippen LogP contribution in [0.25, 0.3) is 0 Å². The first kappa shape index (κ1) is 17.5. The number of benzene rings is 1. The monoisotopic (exact) mass is 366 g/mol. The van der Waals surface area contributed by atoms with Crippen molar-refractivity contribution in [3.8, 4) is 0 Å². The molecule has 1 aliphatic heterocycles. The third kappa shape index (κ3) is 3.84. The molecule has 1 N–H and O–H groups in total. The lowest BCUT2D eigenvalue weighted by atomic mass is 10.1. The van der Waals surface area contributed by atoms with Crippen molar-refractivity contribution in [1.29, 1.82) is 0 Å². The number of nitrogens with zero attached hydrogens (tertiary/aromatic N) is 3. The number of hydrogen-bond acceptors (Lipinski definition) is 5. The molecule has 1 saturated carbocycles. The molecule has 0 unspecified atom stereocenters. The molecule has 1 heterocycles. The first-order valence-corrected chi connectivity index (χ1v) is 8.54. The number of amides is 2. The molecule has 0 spiro atoms. The van der Waals surface area contributed by atoms with Crippen LogP contribution in [-0.2, 0) is 9.59 Å². The third-order valence-electron chi connectivity index (χ3n) is 4.44. The number of hydrogen-bond donors (Lipinski definition) is 1. The number of piperazine rings is 1. The van der Waals surface area contributed by atoms with Crippen LogP contribution in [0.2, 0.25) is 5.02 Å². The fourth-order valence-electron chi connectivity index (χ4n) is 2.98. The molecule has 0 radical (unpaired) electrons. The van der Waals surface area contributed by atoms with E-state index in [0.29, 0.717) is 36.8 Å². The standard InChI is InChI=1S/C16H19ClN4O4/c1-10-8-12(21(24)25)9-13(17)14(10)19-4-6-20(7-5-19)16(23)15(22)18-11-2-3-11/h8-9,11H,2-7H2,1H3,(H,18,22). The van der Waals surface area contributed by atoms with Crippen molar-refractivity contribution >= 4 is 34.8 Å². The van der Waals surface area contributed by atoms with E-state index in [1.54, 1.807) is 6.92 Å². The molecular weight excluding hydrogens is 348 g/mol. The van der Waals surface area contributed by atoms with E-state index in [1.807, 2.05) is 4.90 Å². The zero-order chi connectivity index (χ0) is 18.1. The molecule has 2 fully saturated rings. The Morgan fingerprint density at radius 3 is 2.40 bits per heavy atom. The summed E-state index contributed by atoms with van der Waals surface area (Å²) in [7, 11) is 0. The van der Waals surface area contributed by atoms with Crippen molar-refractivity contribution < 1.29 is 14.5 Å². The quantitative estimate of drug-likeness (QED) is 0.496. The first-order valence-electron chi connectivity index (χ1n) is 8.16. The van der Waals surface area contributed by atoms with Gasteiger partial charge in [-0.1, -0.05) is 11.6 Å². The van der Waals surface area contributed by atoms with Gasteiger partial charge in [-0.2, -0.15) is 0 Å². The molecule has 1 aliphatic carbocycles. The SMILES string of the molecule is Cc1cc([N+](=O)[O-])cc(Cl)c1N1CCN(C(=O)C(=O)NC2CC2)CC1. The van der Waals surface area contributed by atoms with Crippen molar-refractivity contribution in [3.05, 3.63) is 32.8 Å². The molecule has 1 aromatic carbocycles. The van der Waals surface area contributed by atoms with Gasteiger partial charge in [-0.25, -0.2) is 0 Å². The summed E-state index contributed by atoms with van der Waals surface area (Å²) in [5.74, 6) is -1.04. The second kappa shape index (κ2) is 6.87. The Hall–Kier alpha value is -2.35. The van der Waals surface area contributed by atoms with E-state index in [1.165, 1.54) is 17.0 Å². The Morgan fingerprint density at radius 1 is 1.24 bits per heavy atom. The minimum atomic E-state index is -0.541. The summed E-state index contributed by atoms with van der Waals surface area (Å²) in [6.07, 6.45) is 1.87. The molecule has 3 rings (SSSR count). The molecule has 1 aromatic rings. The molecule has 8 nitrogen and oxygen atoms in total. The molecular formula is C16H19ClN4O4. The van der Waals surface area contributed by atoms with Gasteiger partial charge in [-0.05, 0) is 25.3 Å². The summed E-state index contributed by atoms with van der Waals surface area (Å²) >= 11 is 6.23. The van der Waals surface area contributed by atoms with Crippen LogP contribution >= 0.6 is 11.6 Å². The van der Waals surface area contributed by atoms with Gasteiger partial charge in [-0.3, -0.25) is 19.7 Å². The molecule has 25 heavy (non-hydrogen) atoms. The van der Waals surface area contributed by atoms with Gasteiger partial charge in [0.2, 0.25) is 0 Å².